The van der Waals surface area contributed by atoms with Crippen molar-refractivity contribution in [3.63, 3.8) is 0 Å². The number of carbonyl (C=O) groups is 1. The van der Waals surface area contributed by atoms with Crippen molar-refractivity contribution in [2.45, 2.75) is 50.3 Å². The van der Waals surface area contributed by atoms with E-state index in [0.29, 0.717) is 24.3 Å². The fraction of sp³-hybridized carbons (Fsp3) is 0.909. The maximum atomic E-state index is 11.5. The Morgan fingerprint density at radius 3 is 3.00 bits per heavy atom. The van der Waals surface area contributed by atoms with Gasteiger partial charge in [0.05, 0.1) is 0 Å². The van der Waals surface area contributed by atoms with Gasteiger partial charge in [0.15, 0.2) is 0 Å². The van der Waals surface area contributed by atoms with Crippen LogP contribution in [0.2, 0.25) is 0 Å². The lowest BCUT2D eigenvalue weighted by Crippen LogP contribution is -2.38. The zero-order valence-corrected chi connectivity index (χ0v) is 10.3. The topological polar surface area (TPSA) is 55.1 Å². The van der Waals surface area contributed by atoms with Crippen LogP contribution in [0.4, 0.5) is 0 Å². The summed E-state index contributed by atoms with van der Waals surface area (Å²) in [5.74, 6) is 1.31. The molecular formula is C11H22N2OS. The quantitative estimate of drug-likeness (QED) is 0.727. The lowest BCUT2D eigenvalue weighted by molar-refractivity contribution is -0.121. The van der Waals surface area contributed by atoms with E-state index in [1.165, 1.54) is 12.8 Å². The van der Waals surface area contributed by atoms with E-state index in [2.05, 4.69) is 12.2 Å². The van der Waals surface area contributed by atoms with Crippen LogP contribution >= 0.6 is 11.8 Å². The molecule has 1 aliphatic carbocycles. The second-order valence-corrected chi connectivity index (χ2v) is 5.51. The molecule has 1 amide bonds. The first-order chi connectivity index (χ1) is 7.27. The number of hydrogen-bond acceptors (Lipinski definition) is 3. The predicted molar refractivity (Wildman–Crippen MR) is 66.0 cm³/mol. The van der Waals surface area contributed by atoms with Crippen LogP contribution in [0, 0.1) is 0 Å². The molecule has 0 aromatic rings. The van der Waals surface area contributed by atoms with Gasteiger partial charge in [0, 0.05) is 17.7 Å². The molecule has 0 aliphatic heterocycles. The second kappa shape index (κ2) is 7.12. The van der Waals surface area contributed by atoms with Crippen molar-refractivity contribution in [1.29, 1.82) is 0 Å². The van der Waals surface area contributed by atoms with Gasteiger partial charge in [-0.2, -0.15) is 11.8 Å². The van der Waals surface area contributed by atoms with E-state index in [9.17, 15) is 4.79 Å². The van der Waals surface area contributed by atoms with Gasteiger partial charge in [-0.3, -0.25) is 4.79 Å². The SMILES string of the molecule is CCSC1CCCC1NC(=O)CCCN. The van der Waals surface area contributed by atoms with Gasteiger partial charge in [-0.05, 0) is 31.6 Å². The molecule has 3 N–H and O–H groups in total. The van der Waals surface area contributed by atoms with Crippen LogP contribution in [-0.4, -0.2) is 29.5 Å². The van der Waals surface area contributed by atoms with E-state index in [4.69, 9.17) is 5.73 Å². The van der Waals surface area contributed by atoms with Gasteiger partial charge in [0.1, 0.15) is 0 Å². The summed E-state index contributed by atoms with van der Waals surface area (Å²) in [6.07, 6.45) is 5.02. The average molecular weight is 230 g/mol. The van der Waals surface area contributed by atoms with E-state index in [1.807, 2.05) is 11.8 Å². The normalized spacial score (nSPS) is 25.5. The van der Waals surface area contributed by atoms with Crippen LogP contribution < -0.4 is 11.1 Å². The minimum Gasteiger partial charge on any atom is -0.352 e. The summed E-state index contributed by atoms with van der Waals surface area (Å²) in [6.45, 7) is 2.78. The predicted octanol–water partition coefficient (Wildman–Crippen LogP) is 1.52. The summed E-state index contributed by atoms with van der Waals surface area (Å²) >= 11 is 1.97. The lowest BCUT2D eigenvalue weighted by atomic mass is 10.2. The molecular weight excluding hydrogens is 208 g/mol. The molecule has 1 rings (SSSR count). The van der Waals surface area contributed by atoms with Crippen molar-refractivity contribution in [2.75, 3.05) is 12.3 Å². The zero-order valence-electron chi connectivity index (χ0n) is 9.50. The second-order valence-electron chi connectivity index (χ2n) is 3.99. The van der Waals surface area contributed by atoms with Gasteiger partial charge in [-0.25, -0.2) is 0 Å². The lowest BCUT2D eigenvalue weighted by Gasteiger charge is -2.20. The fourth-order valence-electron chi connectivity index (χ4n) is 2.05. The Balaban J connectivity index is 2.26. The molecule has 0 bridgehead atoms. The molecule has 2 unspecified atom stereocenters. The van der Waals surface area contributed by atoms with Crippen LogP contribution in [0.25, 0.3) is 0 Å². The van der Waals surface area contributed by atoms with Crippen molar-refractivity contribution in [2.24, 2.45) is 5.73 Å². The van der Waals surface area contributed by atoms with Gasteiger partial charge in [0.25, 0.3) is 0 Å². The van der Waals surface area contributed by atoms with E-state index in [1.54, 1.807) is 0 Å². The number of carbonyl (C=O) groups excluding carboxylic acids is 1. The molecule has 0 heterocycles. The van der Waals surface area contributed by atoms with Gasteiger partial charge >= 0.3 is 0 Å². The molecule has 88 valence electrons. The minimum absolute atomic E-state index is 0.175. The van der Waals surface area contributed by atoms with Gasteiger partial charge in [-0.1, -0.05) is 13.3 Å². The third-order valence-corrected chi connectivity index (χ3v) is 4.11. The summed E-state index contributed by atoms with van der Waals surface area (Å²) in [5.41, 5.74) is 5.38. The smallest absolute Gasteiger partial charge is 0.220 e. The van der Waals surface area contributed by atoms with Crippen molar-refractivity contribution in [3.8, 4) is 0 Å². The van der Waals surface area contributed by atoms with Crippen LogP contribution in [0.1, 0.15) is 39.0 Å². The monoisotopic (exact) mass is 230 g/mol. The molecule has 1 aliphatic rings. The molecule has 0 radical (unpaired) electrons. The minimum atomic E-state index is 0.175. The molecule has 3 nitrogen and oxygen atoms in total. The largest absolute Gasteiger partial charge is 0.352 e. The Morgan fingerprint density at radius 2 is 2.33 bits per heavy atom. The maximum absolute atomic E-state index is 11.5. The first-order valence-corrected chi connectivity index (χ1v) is 6.93. The van der Waals surface area contributed by atoms with Crippen molar-refractivity contribution < 1.29 is 4.79 Å². The third-order valence-electron chi connectivity index (χ3n) is 2.79. The Hall–Kier alpha value is -0.220. The fourth-order valence-corrected chi connectivity index (χ4v) is 3.24. The highest BCUT2D eigenvalue weighted by atomic mass is 32.2. The van der Waals surface area contributed by atoms with Crippen molar-refractivity contribution >= 4 is 17.7 Å². The van der Waals surface area contributed by atoms with E-state index < -0.39 is 0 Å². The van der Waals surface area contributed by atoms with Crippen molar-refractivity contribution in [3.05, 3.63) is 0 Å². The number of hydrogen-bond donors (Lipinski definition) is 2. The zero-order chi connectivity index (χ0) is 11.1. The number of thioether (sulfide) groups is 1. The van der Waals surface area contributed by atoms with E-state index in [-0.39, 0.29) is 5.91 Å². The maximum Gasteiger partial charge on any atom is 0.220 e. The summed E-state index contributed by atoms with van der Waals surface area (Å²) in [6, 6.07) is 0.403. The average Bonchev–Trinajstić information content (AvgIpc) is 2.63. The van der Waals surface area contributed by atoms with E-state index >= 15 is 0 Å². The van der Waals surface area contributed by atoms with Crippen LogP contribution in [-0.2, 0) is 4.79 Å². The molecule has 0 spiro atoms. The molecule has 1 saturated carbocycles. The van der Waals surface area contributed by atoms with Gasteiger partial charge < -0.3 is 11.1 Å². The van der Waals surface area contributed by atoms with Crippen molar-refractivity contribution in [1.82, 2.24) is 5.32 Å². The molecule has 0 aromatic carbocycles. The van der Waals surface area contributed by atoms with Crippen LogP contribution in [0.15, 0.2) is 0 Å². The van der Waals surface area contributed by atoms with Gasteiger partial charge in [-0.15, -0.1) is 0 Å². The number of amides is 1. The summed E-state index contributed by atoms with van der Waals surface area (Å²) in [4.78, 5) is 11.5. The standard InChI is InChI=1S/C11H22N2OS/c1-2-15-10-6-3-5-9(10)13-11(14)7-4-8-12/h9-10H,2-8,12H2,1H3,(H,13,14). The number of nitrogens with two attached hydrogens (primary N) is 1. The highest BCUT2D eigenvalue weighted by Crippen LogP contribution is 2.29. The Morgan fingerprint density at radius 1 is 1.53 bits per heavy atom. The molecule has 1 fully saturated rings. The van der Waals surface area contributed by atoms with E-state index in [0.717, 1.165) is 18.6 Å². The summed E-state index contributed by atoms with van der Waals surface area (Å²) < 4.78 is 0. The first kappa shape index (κ1) is 12.8. The molecule has 2 atom stereocenters. The Kier molecular flexibility index (Phi) is 6.10. The van der Waals surface area contributed by atoms with Crippen LogP contribution in [0.5, 0.6) is 0 Å². The first-order valence-electron chi connectivity index (χ1n) is 5.89. The third kappa shape index (κ3) is 4.43. The Bertz CT molecular complexity index is 199. The molecule has 4 heteroatoms. The summed E-state index contributed by atoms with van der Waals surface area (Å²) in [7, 11) is 0. The number of rotatable bonds is 6. The molecule has 15 heavy (non-hydrogen) atoms. The highest BCUT2D eigenvalue weighted by Gasteiger charge is 2.27. The molecule has 0 saturated heterocycles. The highest BCUT2D eigenvalue weighted by molar-refractivity contribution is 7.99. The Labute approximate surface area is 96.6 Å². The summed E-state index contributed by atoms with van der Waals surface area (Å²) in [5, 5.41) is 3.77. The van der Waals surface area contributed by atoms with Gasteiger partial charge in [0.2, 0.25) is 5.91 Å². The number of nitrogens with one attached hydrogen (secondary N) is 1. The van der Waals surface area contributed by atoms with Crippen LogP contribution in [0.3, 0.4) is 0 Å². The molecule has 0 aromatic heterocycles.